The van der Waals surface area contributed by atoms with Gasteiger partial charge >= 0.3 is 5.97 Å². The van der Waals surface area contributed by atoms with Crippen molar-refractivity contribution in [1.82, 2.24) is 0 Å². The average molecular weight is 264 g/mol. The van der Waals surface area contributed by atoms with Gasteiger partial charge in [0.25, 0.3) is 0 Å². The first-order chi connectivity index (χ1) is 8.93. The molecule has 19 heavy (non-hydrogen) atoms. The van der Waals surface area contributed by atoms with Crippen molar-refractivity contribution in [1.29, 1.82) is 0 Å². The molecule has 0 spiro atoms. The minimum atomic E-state index is -0.523. The van der Waals surface area contributed by atoms with Gasteiger partial charge in [0, 0.05) is 11.8 Å². The number of carbonyl (C=O) groups is 1. The van der Waals surface area contributed by atoms with Crippen LogP contribution in [-0.2, 0) is 14.3 Å². The van der Waals surface area contributed by atoms with Crippen molar-refractivity contribution in [2.24, 2.45) is 23.7 Å². The fraction of sp³-hybridized carbons (Fsp3) is 0.800. The van der Waals surface area contributed by atoms with Crippen LogP contribution >= 0.6 is 0 Å². The van der Waals surface area contributed by atoms with Gasteiger partial charge in [-0.2, -0.15) is 0 Å². The summed E-state index contributed by atoms with van der Waals surface area (Å²) in [4.78, 5) is 11.9. The van der Waals surface area contributed by atoms with Crippen molar-refractivity contribution in [3.63, 3.8) is 0 Å². The largest absolute Gasteiger partial charge is 0.461 e. The second kappa shape index (κ2) is 3.41. The van der Waals surface area contributed by atoms with Gasteiger partial charge < -0.3 is 14.6 Å². The molecule has 4 rings (SSSR count). The minimum absolute atomic E-state index is 0.112. The molecule has 4 heteroatoms. The van der Waals surface area contributed by atoms with Gasteiger partial charge in [0.15, 0.2) is 0 Å². The summed E-state index contributed by atoms with van der Waals surface area (Å²) in [5.41, 5.74) is 0.928. The molecule has 4 aliphatic rings. The maximum Gasteiger partial charge on any atom is 0.309 e. The van der Waals surface area contributed by atoms with Crippen molar-refractivity contribution >= 4 is 5.97 Å². The van der Waals surface area contributed by atoms with Gasteiger partial charge in [-0.25, -0.2) is 0 Å². The minimum Gasteiger partial charge on any atom is -0.461 e. The van der Waals surface area contributed by atoms with E-state index in [1.807, 2.05) is 6.92 Å². The third-order valence-electron chi connectivity index (χ3n) is 5.92. The van der Waals surface area contributed by atoms with Crippen molar-refractivity contribution < 1.29 is 19.4 Å². The molecule has 0 amide bonds. The Morgan fingerprint density at radius 1 is 1.47 bits per heavy atom. The Kier molecular flexibility index (Phi) is 2.14. The van der Waals surface area contributed by atoms with E-state index in [2.05, 4.69) is 13.5 Å². The average Bonchev–Trinajstić information content (AvgIpc) is 2.79. The van der Waals surface area contributed by atoms with E-state index in [1.165, 1.54) is 0 Å². The van der Waals surface area contributed by atoms with Crippen LogP contribution in [-0.4, -0.2) is 35.0 Å². The molecule has 4 fully saturated rings. The van der Waals surface area contributed by atoms with Gasteiger partial charge in [-0.05, 0) is 25.7 Å². The number of aliphatic hydroxyl groups is 1. The maximum absolute atomic E-state index is 11.9. The molecule has 1 N–H and O–H groups in total. The Bertz CT molecular complexity index is 473. The highest BCUT2D eigenvalue weighted by atomic mass is 16.6. The first-order valence-electron chi connectivity index (χ1n) is 7.17. The number of carbonyl (C=O) groups excluding carboxylic acids is 1. The summed E-state index contributed by atoms with van der Waals surface area (Å²) >= 11 is 0. The Morgan fingerprint density at radius 2 is 2.21 bits per heavy atom. The quantitative estimate of drug-likeness (QED) is 0.407. The molecule has 0 aromatic rings. The lowest BCUT2D eigenvalue weighted by Crippen LogP contribution is -2.40. The summed E-state index contributed by atoms with van der Waals surface area (Å²) in [5, 5.41) is 10.4. The van der Waals surface area contributed by atoms with E-state index in [0.29, 0.717) is 12.3 Å². The lowest BCUT2D eigenvalue weighted by molar-refractivity contribution is -0.147. The predicted octanol–water partition coefficient (Wildman–Crippen LogP) is 1.28. The van der Waals surface area contributed by atoms with Crippen LogP contribution in [0.15, 0.2) is 12.2 Å². The number of rotatable bonds is 0. The molecule has 2 saturated heterocycles. The van der Waals surface area contributed by atoms with E-state index in [-0.39, 0.29) is 41.5 Å². The van der Waals surface area contributed by atoms with Crippen LogP contribution in [0.25, 0.3) is 0 Å². The van der Waals surface area contributed by atoms with Gasteiger partial charge in [-0.1, -0.05) is 19.1 Å². The number of epoxide rings is 1. The molecule has 2 aliphatic heterocycles. The van der Waals surface area contributed by atoms with Crippen LogP contribution < -0.4 is 0 Å². The van der Waals surface area contributed by atoms with Gasteiger partial charge in [-0.15, -0.1) is 0 Å². The predicted molar refractivity (Wildman–Crippen MR) is 67.2 cm³/mol. The van der Waals surface area contributed by atoms with Crippen LogP contribution in [0.2, 0.25) is 0 Å². The molecule has 8 atom stereocenters. The van der Waals surface area contributed by atoms with Crippen molar-refractivity contribution in [3.8, 4) is 0 Å². The molecule has 0 aromatic heterocycles. The standard InChI is InChI=1S/C15H20O4/c1-6-4-9(16)11-7(2)14(17)18-13(11)12-8(6)5-10-15(12,3)19-10/h7-13,16H,1,4-5H2,2-3H3/t7-,8-,9-,10-,11+,12-,13-,15-/m0/s1. The highest BCUT2D eigenvalue weighted by molar-refractivity contribution is 5.75. The fourth-order valence-corrected chi connectivity index (χ4v) is 4.78. The molecule has 2 heterocycles. The molecule has 0 unspecified atom stereocenters. The lowest BCUT2D eigenvalue weighted by Gasteiger charge is -2.31. The zero-order valence-corrected chi connectivity index (χ0v) is 11.3. The Labute approximate surface area is 112 Å². The summed E-state index contributed by atoms with van der Waals surface area (Å²) in [6, 6.07) is 0. The number of fused-ring (bicyclic) bond motifs is 5. The number of hydrogen-bond acceptors (Lipinski definition) is 4. The van der Waals surface area contributed by atoms with Gasteiger partial charge in [0.2, 0.25) is 0 Å². The second-order valence-electron chi connectivity index (χ2n) is 6.86. The Hall–Kier alpha value is -0.870. The molecular formula is C15H20O4. The molecular weight excluding hydrogens is 244 g/mol. The normalized spacial score (nSPS) is 59.0. The number of ether oxygens (including phenoxy) is 2. The molecule has 0 aromatic carbocycles. The monoisotopic (exact) mass is 264 g/mol. The van der Waals surface area contributed by atoms with Gasteiger partial charge in [0.1, 0.15) is 6.10 Å². The molecule has 0 bridgehead atoms. The summed E-state index contributed by atoms with van der Waals surface area (Å²) in [6.07, 6.45) is 1.10. The first-order valence-corrected chi connectivity index (χ1v) is 7.17. The number of esters is 1. The van der Waals surface area contributed by atoms with Gasteiger partial charge in [0.05, 0.1) is 23.7 Å². The third-order valence-corrected chi connectivity index (χ3v) is 5.92. The van der Waals surface area contributed by atoms with E-state index in [1.54, 1.807) is 0 Å². The van der Waals surface area contributed by atoms with E-state index in [4.69, 9.17) is 9.47 Å². The highest BCUT2D eigenvalue weighted by Gasteiger charge is 2.71. The SMILES string of the molecule is C=C1C[C@H](O)[C@@H]2[C@H](OC(=O)[C@H]2C)[C@@H]2[C@H]1C[C@@H]1O[C@]21C. The van der Waals surface area contributed by atoms with Crippen LogP contribution in [0.5, 0.6) is 0 Å². The van der Waals surface area contributed by atoms with E-state index in [9.17, 15) is 9.90 Å². The molecule has 4 nitrogen and oxygen atoms in total. The second-order valence-corrected chi connectivity index (χ2v) is 6.86. The van der Waals surface area contributed by atoms with Crippen LogP contribution in [0.4, 0.5) is 0 Å². The third kappa shape index (κ3) is 1.34. The fourth-order valence-electron chi connectivity index (χ4n) is 4.78. The van der Waals surface area contributed by atoms with E-state index < -0.39 is 6.10 Å². The first kappa shape index (κ1) is 11.9. The Balaban J connectivity index is 1.78. The van der Waals surface area contributed by atoms with Crippen LogP contribution in [0.3, 0.4) is 0 Å². The Morgan fingerprint density at radius 3 is 2.95 bits per heavy atom. The number of hydrogen-bond donors (Lipinski definition) is 1. The van der Waals surface area contributed by atoms with Crippen LogP contribution in [0.1, 0.15) is 26.7 Å². The van der Waals surface area contributed by atoms with Crippen molar-refractivity contribution in [2.75, 3.05) is 0 Å². The van der Waals surface area contributed by atoms with E-state index in [0.717, 1.165) is 12.0 Å². The zero-order valence-electron chi connectivity index (χ0n) is 11.3. The zero-order chi connectivity index (χ0) is 13.5. The summed E-state index contributed by atoms with van der Waals surface area (Å²) in [7, 11) is 0. The molecule has 0 radical (unpaired) electrons. The lowest BCUT2D eigenvalue weighted by atomic mass is 9.77. The summed E-state index contributed by atoms with van der Waals surface area (Å²) in [6.45, 7) is 8.14. The van der Waals surface area contributed by atoms with Crippen LogP contribution in [0, 0.1) is 23.7 Å². The molecule has 104 valence electrons. The molecule has 2 aliphatic carbocycles. The summed E-state index contributed by atoms with van der Waals surface area (Å²) < 4.78 is 11.4. The smallest absolute Gasteiger partial charge is 0.309 e. The van der Waals surface area contributed by atoms with Crippen molar-refractivity contribution in [3.05, 3.63) is 12.2 Å². The topological polar surface area (TPSA) is 59.1 Å². The maximum atomic E-state index is 11.9. The van der Waals surface area contributed by atoms with E-state index >= 15 is 0 Å². The number of aliphatic hydroxyl groups excluding tert-OH is 1. The molecule has 2 saturated carbocycles. The van der Waals surface area contributed by atoms with Crippen molar-refractivity contribution in [2.45, 2.75) is 50.6 Å². The highest BCUT2D eigenvalue weighted by Crippen LogP contribution is 2.63. The summed E-state index contributed by atoms with van der Waals surface area (Å²) in [5.74, 6) is -0.0208. The van der Waals surface area contributed by atoms with Gasteiger partial charge in [-0.3, -0.25) is 4.79 Å².